The van der Waals surface area contributed by atoms with Crippen LogP contribution in [-0.4, -0.2) is 12.8 Å². The van der Waals surface area contributed by atoms with Gasteiger partial charge in [-0.15, -0.1) is 0 Å². The quantitative estimate of drug-likeness (QED) is 0.846. The molecule has 0 saturated heterocycles. The Morgan fingerprint density at radius 1 is 1.57 bits per heavy atom. The second-order valence-electron chi connectivity index (χ2n) is 3.29. The minimum Gasteiger partial charge on any atom is -0.312 e. The van der Waals surface area contributed by atoms with Crippen LogP contribution in [0.5, 0.6) is 0 Å². The van der Waals surface area contributed by atoms with Crippen molar-refractivity contribution >= 4 is 27.7 Å². The number of nitrogens with one attached hydrogen (secondary N) is 1. The highest BCUT2D eigenvalue weighted by molar-refractivity contribution is 9.10. The normalized spacial score (nSPS) is 20.6. The smallest absolute Gasteiger partial charge is 0.137 e. The van der Waals surface area contributed by atoms with Crippen LogP contribution in [0.4, 0.5) is 4.39 Å². The van der Waals surface area contributed by atoms with Crippen molar-refractivity contribution in [3.05, 3.63) is 33.5 Å². The Morgan fingerprint density at radius 2 is 2.36 bits per heavy atom. The third kappa shape index (κ3) is 1.71. The van der Waals surface area contributed by atoms with Crippen LogP contribution in [0.3, 0.4) is 0 Å². The van der Waals surface area contributed by atoms with Gasteiger partial charge in [0.25, 0.3) is 0 Å². The largest absolute Gasteiger partial charge is 0.312 e. The Bertz CT molecular complexity index is 356. The molecule has 2 rings (SSSR count). The SMILES string of the molecule is CNC1CSCc2c1ccc(F)c2Br. The molecule has 4 heteroatoms. The molecule has 0 bridgehead atoms. The van der Waals surface area contributed by atoms with E-state index >= 15 is 0 Å². The third-order valence-corrected chi connectivity index (χ3v) is 4.41. The van der Waals surface area contributed by atoms with Crippen LogP contribution < -0.4 is 5.32 Å². The van der Waals surface area contributed by atoms with Crippen LogP contribution in [0.25, 0.3) is 0 Å². The van der Waals surface area contributed by atoms with Gasteiger partial charge in [0.15, 0.2) is 0 Å². The molecular formula is C10H11BrFNS. The highest BCUT2D eigenvalue weighted by Gasteiger charge is 2.22. The van der Waals surface area contributed by atoms with Crippen molar-refractivity contribution in [3.8, 4) is 0 Å². The Labute approximate surface area is 95.6 Å². The molecule has 0 amide bonds. The third-order valence-electron chi connectivity index (χ3n) is 2.49. The Balaban J connectivity index is 2.50. The number of hydrogen-bond acceptors (Lipinski definition) is 2. The summed E-state index contributed by atoms with van der Waals surface area (Å²) in [5, 5.41) is 3.24. The molecule has 14 heavy (non-hydrogen) atoms. The van der Waals surface area contributed by atoms with Gasteiger partial charge in [-0.25, -0.2) is 4.39 Å². The molecule has 1 N–H and O–H groups in total. The zero-order chi connectivity index (χ0) is 10.1. The van der Waals surface area contributed by atoms with Crippen LogP contribution in [0.15, 0.2) is 16.6 Å². The second-order valence-corrected chi connectivity index (χ2v) is 5.11. The van der Waals surface area contributed by atoms with Gasteiger partial charge in [-0.3, -0.25) is 0 Å². The molecule has 1 aliphatic heterocycles. The van der Waals surface area contributed by atoms with E-state index in [-0.39, 0.29) is 5.82 Å². The fourth-order valence-corrected chi connectivity index (χ4v) is 3.59. The Hall–Kier alpha value is -0.0600. The zero-order valence-corrected chi connectivity index (χ0v) is 10.2. The minimum atomic E-state index is -0.166. The molecule has 0 aromatic heterocycles. The molecule has 1 atom stereocenters. The van der Waals surface area contributed by atoms with Gasteiger partial charge in [0.2, 0.25) is 0 Å². The maximum atomic E-state index is 13.3. The summed E-state index contributed by atoms with van der Waals surface area (Å²) in [6.45, 7) is 0. The summed E-state index contributed by atoms with van der Waals surface area (Å²) < 4.78 is 13.9. The van der Waals surface area contributed by atoms with E-state index in [1.165, 1.54) is 11.6 Å². The second kappa shape index (κ2) is 4.21. The van der Waals surface area contributed by atoms with Gasteiger partial charge >= 0.3 is 0 Å². The van der Waals surface area contributed by atoms with Crippen molar-refractivity contribution in [2.75, 3.05) is 12.8 Å². The summed E-state index contributed by atoms with van der Waals surface area (Å²) in [7, 11) is 1.94. The van der Waals surface area contributed by atoms with Gasteiger partial charge in [-0.05, 0) is 40.2 Å². The Morgan fingerprint density at radius 3 is 3.07 bits per heavy atom. The molecule has 0 fully saturated rings. The molecule has 1 nitrogen and oxygen atoms in total. The van der Waals surface area contributed by atoms with E-state index in [9.17, 15) is 4.39 Å². The summed E-state index contributed by atoms with van der Waals surface area (Å²) in [6.07, 6.45) is 0. The van der Waals surface area contributed by atoms with E-state index in [4.69, 9.17) is 0 Å². The molecule has 1 unspecified atom stereocenters. The summed E-state index contributed by atoms with van der Waals surface area (Å²) in [4.78, 5) is 0. The number of benzene rings is 1. The number of halogens is 2. The molecule has 0 spiro atoms. The van der Waals surface area contributed by atoms with Crippen LogP contribution >= 0.6 is 27.7 Å². The van der Waals surface area contributed by atoms with Crippen LogP contribution in [0.1, 0.15) is 17.2 Å². The molecule has 1 aromatic rings. The monoisotopic (exact) mass is 275 g/mol. The Kier molecular flexibility index (Phi) is 3.14. The van der Waals surface area contributed by atoms with Gasteiger partial charge in [-0.1, -0.05) is 6.07 Å². The van der Waals surface area contributed by atoms with E-state index < -0.39 is 0 Å². The van der Waals surface area contributed by atoms with Crippen molar-refractivity contribution in [1.29, 1.82) is 0 Å². The summed E-state index contributed by atoms with van der Waals surface area (Å²) in [5.74, 6) is 1.79. The standard InChI is InChI=1S/C10H11BrFNS/c1-13-9-5-14-4-7-6(9)2-3-8(12)10(7)11/h2-3,9,13H,4-5H2,1H3. The fraction of sp³-hybridized carbons (Fsp3) is 0.400. The fourth-order valence-electron chi connectivity index (χ4n) is 1.69. The lowest BCUT2D eigenvalue weighted by atomic mass is 10.0. The highest BCUT2D eigenvalue weighted by atomic mass is 79.9. The predicted octanol–water partition coefficient (Wildman–Crippen LogP) is 3.10. The summed E-state index contributed by atoms with van der Waals surface area (Å²) >= 11 is 5.14. The molecular weight excluding hydrogens is 265 g/mol. The van der Waals surface area contributed by atoms with Gasteiger partial charge in [0, 0.05) is 17.5 Å². The number of fused-ring (bicyclic) bond motifs is 1. The van der Waals surface area contributed by atoms with E-state index in [1.807, 2.05) is 24.9 Å². The lowest BCUT2D eigenvalue weighted by Crippen LogP contribution is -2.23. The van der Waals surface area contributed by atoms with Crippen molar-refractivity contribution in [3.63, 3.8) is 0 Å². The van der Waals surface area contributed by atoms with Crippen molar-refractivity contribution < 1.29 is 4.39 Å². The van der Waals surface area contributed by atoms with Gasteiger partial charge in [0.1, 0.15) is 5.82 Å². The summed E-state index contributed by atoms with van der Waals surface area (Å²) in [5.41, 5.74) is 2.32. The highest BCUT2D eigenvalue weighted by Crippen LogP contribution is 2.36. The maximum Gasteiger partial charge on any atom is 0.137 e. The molecule has 0 aliphatic carbocycles. The maximum absolute atomic E-state index is 13.3. The van der Waals surface area contributed by atoms with E-state index in [1.54, 1.807) is 0 Å². The van der Waals surface area contributed by atoms with Gasteiger partial charge in [-0.2, -0.15) is 11.8 Å². The van der Waals surface area contributed by atoms with Crippen molar-refractivity contribution in [2.45, 2.75) is 11.8 Å². The van der Waals surface area contributed by atoms with Gasteiger partial charge in [0.05, 0.1) is 4.47 Å². The predicted molar refractivity (Wildman–Crippen MR) is 62.1 cm³/mol. The van der Waals surface area contributed by atoms with Crippen LogP contribution in [0.2, 0.25) is 0 Å². The molecule has 1 aromatic carbocycles. The van der Waals surface area contributed by atoms with E-state index in [2.05, 4.69) is 21.2 Å². The lowest BCUT2D eigenvalue weighted by Gasteiger charge is -2.25. The molecule has 0 saturated carbocycles. The first kappa shape index (κ1) is 10.5. The van der Waals surface area contributed by atoms with Gasteiger partial charge < -0.3 is 5.32 Å². The first-order valence-electron chi connectivity index (χ1n) is 4.46. The van der Waals surface area contributed by atoms with Crippen molar-refractivity contribution in [1.82, 2.24) is 5.32 Å². The topological polar surface area (TPSA) is 12.0 Å². The summed E-state index contributed by atoms with van der Waals surface area (Å²) in [6, 6.07) is 3.76. The average Bonchev–Trinajstić information content (AvgIpc) is 2.23. The van der Waals surface area contributed by atoms with Crippen LogP contribution in [0, 0.1) is 5.82 Å². The van der Waals surface area contributed by atoms with Crippen LogP contribution in [-0.2, 0) is 5.75 Å². The molecule has 76 valence electrons. The molecule has 1 heterocycles. The van der Waals surface area contributed by atoms with E-state index in [0.29, 0.717) is 10.5 Å². The molecule has 1 aliphatic rings. The number of thioether (sulfide) groups is 1. The number of hydrogen-bond donors (Lipinski definition) is 1. The lowest BCUT2D eigenvalue weighted by molar-refractivity contribution is 0.607. The zero-order valence-electron chi connectivity index (χ0n) is 7.81. The minimum absolute atomic E-state index is 0.166. The van der Waals surface area contributed by atoms with E-state index in [0.717, 1.165) is 17.1 Å². The average molecular weight is 276 g/mol. The first-order valence-corrected chi connectivity index (χ1v) is 6.40. The first-order chi connectivity index (χ1) is 6.74. The van der Waals surface area contributed by atoms with Crippen molar-refractivity contribution in [2.24, 2.45) is 0 Å². The number of rotatable bonds is 1. The molecule has 0 radical (unpaired) electrons.